The molecule has 0 radical (unpaired) electrons. The Morgan fingerprint density at radius 2 is 1.78 bits per heavy atom. The summed E-state index contributed by atoms with van der Waals surface area (Å²) in [6, 6.07) is 6.96. The molecule has 6 nitrogen and oxygen atoms in total. The molecule has 6 heteroatoms. The molecule has 1 atom stereocenters. The number of hydrogen-bond donors (Lipinski definition) is 3. The summed E-state index contributed by atoms with van der Waals surface area (Å²) in [4.78, 5) is 34.9. The van der Waals surface area contributed by atoms with Crippen LogP contribution in [0.2, 0.25) is 0 Å². The number of nitrogens with one attached hydrogen (secondary N) is 2. The zero-order valence-corrected chi connectivity index (χ0v) is 13.0. The normalized spacial score (nSPS) is 19.5. The molecule has 2 saturated carbocycles. The molecule has 1 aromatic carbocycles. The maximum atomic E-state index is 12.1. The molecule has 2 amide bonds. The number of carboxylic acids is 1. The molecule has 3 N–H and O–H groups in total. The van der Waals surface area contributed by atoms with Crippen LogP contribution in [0, 0.1) is 11.3 Å². The number of carbonyl (C=O) groups excluding carboxylic acids is 2. The van der Waals surface area contributed by atoms with E-state index >= 15 is 0 Å². The highest BCUT2D eigenvalue weighted by molar-refractivity contribution is 6.05. The zero-order chi connectivity index (χ0) is 16.6. The van der Waals surface area contributed by atoms with Crippen LogP contribution in [-0.2, 0) is 14.4 Å². The number of carboxylic acid groups (broad SMARTS) is 1. The number of amides is 2. The van der Waals surface area contributed by atoms with E-state index in [1.807, 2.05) is 19.1 Å². The topological polar surface area (TPSA) is 95.5 Å². The second kappa shape index (κ2) is 5.68. The lowest BCUT2D eigenvalue weighted by molar-refractivity contribution is -0.149. The Morgan fingerprint density at radius 3 is 2.26 bits per heavy atom. The largest absolute Gasteiger partial charge is 0.480 e. The smallest absolute Gasteiger partial charge is 0.319 e. The SMILES string of the molecule is CC(NC(=O)C1(C(=O)O)CC1)c1ccc(NC(=O)C2CC2)cc1. The van der Waals surface area contributed by atoms with Crippen LogP contribution in [0.5, 0.6) is 0 Å². The third kappa shape index (κ3) is 3.21. The van der Waals surface area contributed by atoms with Gasteiger partial charge in [-0.05, 0) is 50.3 Å². The van der Waals surface area contributed by atoms with Gasteiger partial charge in [0.15, 0.2) is 0 Å². The first-order valence-corrected chi connectivity index (χ1v) is 7.87. The lowest BCUT2D eigenvalue weighted by atomic mass is 10.0. The molecule has 2 aliphatic carbocycles. The van der Waals surface area contributed by atoms with Crippen LogP contribution in [0.4, 0.5) is 5.69 Å². The molecular weight excluding hydrogens is 296 g/mol. The highest BCUT2D eigenvalue weighted by Gasteiger charge is 2.57. The maximum Gasteiger partial charge on any atom is 0.319 e. The third-order valence-corrected chi connectivity index (χ3v) is 4.57. The standard InChI is InChI=1S/C17H20N2O4/c1-10(18-15(21)17(8-9-17)16(22)23)11-4-6-13(7-5-11)19-14(20)12-2-3-12/h4-7,10,12H,2-3,8-9H2,1H3,(H,18,21)(H,19,20)(H,22,23). The van der Waals surface area contributed by atoms with E-state index in [1.165, 1.54) is 0 Å². The van der Waals surface area contributed by atoms with E-state index in [2.05, 4.69) is 10.6 Å². The Hall–Kier alpha value is -2.37. The summed E-state index contributed by atoms with van der Waals surface area (Å²) in [5, 5.41) is 14.7. The van der Waals surface area contributed by atoms with Crippen molar-refractivity contribution >= 4 is 23.5 Å². The van der Waals surface area contributed by atoms with E-state index in [0.29, 0.717) is 12.8 Å². The minimum atomic E-state index is -1.23. The molecule has 2 aliphatic rings. The molecule has 0 heterocycles. The van der Waals surface area contributed by atoms with Crippen LogP contribution in [0.25, 0.3) is 0 Å². The summed E-state index contributed by atoms with van der Waals surface area (Å²) in [7, 11) is 0. The van der Waals surface area contributed by atoms with Crippen LogP contribution >= 0.6 is 0 Å². The predicted molar refractivity (Wildman–Crippen MR) is 83.7 cm³/mol. The molecule has 3 rings (SSSR count). The van der Waals surface area contributed by atoms with E-state index < -0.39 is 17.3 Å². The average molecular weight is 316 g/mol. The van der Waals surface area contributed by atoms with Crippen molar-refractivity contribution in [2.75, 3.05) is 5.32 Å². The van der Waals surface area contributed by atoms with Crippen molar-refractivity contribution in [1.82, 2.24) is 5.32 Å². The van der Waals surface area contributed by atoms with Gasteiger partial charge in [0.05, 0.1) is 6.04 Å². The van der Waals surface area contributed by atoms with Crippen LogP contribution in [0.1, 0.15) is 44.2 Å². The number of anilines is 1. The van der Waals surface area contributed by atoms with Crippen molar-refractivity contribution in [3.63, 3.8) is 0 Å². The number of rotatable bonds is 6. The fourth-order valence-electron chi connectivity index (χ4n) is 2.53. The van der Waals surface area contributed by atoms with Gasteiger partial charge in [-0.15, -0.1) is 0 Å². The minimum absolute atomic E-state index is 0.0521. The fourth-order valence-corrected chi connectivity index (χ4v) is 2.53. The third-order valence-electron chi connectivity index (χ3n) is 4.57. The number of benzene rings is 1. The van der Waals surface area contributed by atoms with Crippen molar-refractivity contribution in [1.29, 1.82) is 0 Å². The van der Waals surface area contributed by atoms with Crippen LogP contribution in [0.3, 0.4) is 0 Å². The molecule has 0 aliphatic heterocycles. The van der Waals surface area contributed by atoms with Crippen molar-refractivity contribution in [3.8, 4) is 0 Å². The first-order valence-electron chi connectivity index (χ1n) is 7.87. The Labute approximate surface area is 134 Å². The van der Waals surface area contributed by atoms with E-state index in [0.717, 1.165) is 24.1 Å². The van der Waals surface area contributed by atoms with E-state index in [9.17, 15) is 14.4 Å². The molecule has 1 unspecified atom stereocenters. The number of carbonyl (C=O) groups is 3. The first kappa shape index (κ1) is 15.5. The van der Waals surface area contributed by atoms with E-state index in [1.54, 1.807) is 12.1 Å². The second-order valence-corrected chi connectivity index (χ2v) is 6.47. The molecule has 0 spiro atoms. The number of hydrogen-bond acceptors (Lipinski definition) is 3. The summed E-state index contributed by atoms with van der Waals surface area (Å²) in [5.41, 5.74) is 0.365. The van der Waals surface area contributed by atoms with Crippen LogP contribution < -0.4 is 10.6 Å². The molecule has 23 heavy (non-hydrogen) atoms. The van der Waals surface area contributed by atoms with Crippen molar-refractivity contribution in [2.45, 2.75) is 38.6 Å². The summed E-state index contributed by atoms with van der Waals surface area (Å²) < 4.78 is 0. The summed E-state index contributed by atoms with van der Waals surface area (Å²) in [6.45, 7) is 1.81. The second-order valence-electron chi connectivity index (χ2n) is 6.47. The minimum Gasteiger partial charge on any atom is -0.480 e. The molecule has 2 fully saturated rings. The molecular formula is C17H20N2O4. The summed E-state index contributed by atoms with van der Waals surface area (Å²) in [6.07, 6.45) is 2.71. The lowest BCUT2D eigenvalue weighted by Gasteiger charge is -2.18. The van der Waals surface area contributed by atoms with Gasteiger partial charge in [-0.2, -0.15) is 0 Å². The zero-order valence-electron chi connectivity index (χ0n) is 13.0. The fraction of sp³-hybridized carbons (Fsp3) is 0.471. The highest BCUT2D eigenvalue weighted by atomic mass is 16.4. The van der Waals surface area contributed by atoms with Gasteiger partial charge in [0.1, 0.15) is 5.41 Å². The van der Waals surface area contributed by atoms with Gasteiger partial charge in [-0.1, -0.05) is 12.1 Å². The predicted octanol–water partition coefficient (Wildman–Crippen LogP) is 2.08. The van der Waals surface area contributed by atoms with Gasteiger partial charge in [0.25, 0.3) is 0 Å². The monoisotopic (exact) mass is 316 g/mol. The van der Waals surface area contributed by atoms with Crippen molar-refractivity contribution in [3.05, 3.63) is 29.8 Å². The van der Waals surface area contributed by atoms with Gasteiger partial charge >= 0.3 is 5.97 Å². The highest BCUT2D eigenvalue weighted by Crippen LogP contribution is 2.46. The maximum absolute atomic E-state index is 12.1. The Morgan fingerprint density at radius 1 is 1.17 bits per heavy atom. The molecule has 122 valence electrons. The van der Waals surface area contributed by atoms with Crippen LogP contribution in [0.15, 0.2) is 24.3 Å². The Balaban J connectivity index is 1.59. The average Bonchev–Trinajstić information content (AvgIpc) is 3.40. The van der Waals surface area contributed by atoms with Gasteiger partial charge in [-0.25, -0.2) is 0 Å². The summed E-state index contributed by atoms with van der Waals surface area (Å²) in [5.74, 6) is -1.28. The van der Waals surface area contributed by atoms with Crippen LogP contribution in [-0.4, -0.2) is 22.9 Å². The molecule has 1 aromatic rings. The molecule has 0 saturated heterocycles. The first-order chi connectivity index (χ1) is 10.9. The van der Waals surface area contributed by atoms with Gasteiger partial charge < -0.3 is 15.7 Å². The van der Waals surface area contributed by atoms with E-state index in [4.69, 9.17) is 5.11 Å². The molecule has 0 aromatic heterocycles. The quantitative estimate of drug-likeness (QED) is 0.700. The Bertz CT molecular complexity index is 645. The molecule has 0 bridgehead atoms. The van der Waals surface area contributed by atoms with Gasteiger partial charge in [0, 0.05) is 11.6 Å². The van der Waals surface area contributed by atoms with E-state index in [-0.39, 0.29) is 17.9 Å². The summed E-state index contributed by atoms with van der Waals surface area (Å²) >= 11 is 0. The van der Waals surface area contributed by atoms with Crippen molar-refractivity contribution in [2.24, 2.45) is 11.3 Å². The lowest BCUT2D eigenvalue weighted by Crippen LogP contribution is -2.38. The Kier molecular flexibility index (Phi) is 3.83. The number of aliphatic carboxylic acids is 1. The van der Waals surface area contributed by atoms with Gasteiger partial charge in [0.2, 0.25) is 11.8 Å². The van der Waals surface area contributed by atoms with Crippen molar-refractivity contribution < 1.29 is 19.5 Å². The van der Waals surface area contributed by atoms with Gasteiger partial charge in [-0.3, -0.25) is 14.4 Å².